The zero-order valence-electron chi connectivity index (χ0n) is 12.1. The molecular weight excluding hydrogens is 280 g/mol. The molecule has 0 saturated heterocycles. The van der Waals surface area contributed by atoms with E-state index in [-0.39, 0.29) is 0 Å². The minimum atomic E-state index is 0.301. The summed E-state index contributed by atoms with van der Waals surface area (Å²) in [6, 6.07) is 12.9. The summed E-state index contributed by atoms with van der Waals surface area (Å²) in [5.41, 5.74) is 1.32. The Labute approximate surface area is 128 Å². The van der Waals surface area contributed by atoms with Gasteiger partial charge in [0, 0.05) is 13.1 Å². The van der Waals surface area contributed by atoms with E-state index in [1.54, 1.807) is 11.3 Å². The van der Waals surface area contributed by atoms with Crippen molar-refractivity contribution in [3.63, 3.8) is 0 Å². The van der Waals surface area contributed by atoms with Crippen LogP contribution in [-0.4, -0.2) is 23.1 Å². The first-order valence-corrected chi connectivity index (χ1v) is 7.87. The summed E-state index contributed by atoms with van der Waals surface area (Å²) >= 11 is 1.63. The van der Waals surface area contributed by atoms with Crippen LogP contribution in [0.4, 0.5) is 11.8 Å². The molecule has 0 fully saturated rings. The molecule has 21 heavy (non-hydrogen) atoms. The van der Waals surface area contributed by atoms with Crippen LogP contribution in [0.5, 0.6) is 0 Å². The van der Waals surface area contributed by atoms with Gasteiger partial charge in [0.15, 0.2) is 0 Å². The Kier molecular flexibility index (Phi) is 4.01. The van der Waals surface area contributed by atoms with Gasteiger partial charge in [-0.05, 0) is 30.4 Å². The Balaban J connectivity index is 1.82. The Morgan fingerprint density at radius 3 is 2.71 bits per heavy atom. The first-order valence-electron chi connectivity index (χ1n) is 6.99. The number of thiophene rings is 1. The Bertz CT molecular complexity index is 723. The van der Waals surface area contributed by atoms with E-state index in [1.807, 2.05) is 18.5 Å². The van der Waals surface area contributed by atoms with Crippen molar-refractivity contribution < 1.29 is 0 Å². The highest BCUT2D eigenvalue weighted by molar-refractivity contribution is 7.16. The lowest BCUT2D eigenvalue weighted by molar-refractivity contribution is 0.786. The van der Waals surface area contributed by atoms with E-state index in [0.717, 1.165) is 22.5 Å². The number of hydrogen-bond donors (Lipinski definition) is 2. The largest absolute Gasteiger partial charge is 0.367 e. The monoisotopic (exact) mass is 298 g/mol. The second-order valence-electron chi connectivity index (χ2n) is 5.02. The maximum atomic E-state index is 4.55. The van der Waals surface area contributed by atoms with Gasteiger partial charge in [-0.3, -0.25) is 0 Å². The Hall–Kier alpha value is -2.14. The maximum Gasteiger partial charge on any atom is 0.225 e. The van der Waals surface area contributed by atoms with Crippen molar-refractivity contribution in [1.29, 1.82) is 0 Å². The number of hydrogen-bond acceptors (Lipinski definition) is 5. The molecule has 0 spiro atoms. The highest BCUT2D eigenvalue weighted by Crippen LogP contribution is 2.27. The molecule has 2 heterocycles. The normalized spacial score (nSPS) is 12.3. The molecule has 4 nitrogen and oxygen atoms in total. The summed E-state index contributed by atoms with van der Waals surface area (Å²) in [6.07, 6.45) is 0.964. The second kappa shape index (κ2) is 6.10. The SMILES string of the molecule is CNc1nc(NC(C)Cc2ccccc2)c2ccsc2n1. The van der Waals surface area contributed by atoms with Crippen molar-refractivity contribution in [3.8, 4) is 0 Å². The van der Waals surface area contributed by atoms with Gasteiger partial charge in [-0.15, -0.1) is 11.3 Å². The molecule has 1 atom stereocenters. The van der Waals surface area contributed by atoms with Crippen molar-refractivity contribution >= 4 is 33.3 Å². The molecular formula is C16H18N4S. The zero-order chi connectivity index (χ0) is 14.7. The van der Waals surface area contributed by atoms with Crippen LogP contribution in [0.2, 0.25) is 0 Å². The number of anilines is 2. The van der Waals surface area contributed by atoms with Crippen LogP contribution in [0, 0.1) is 0 Å². The lowest BCUT2D eigenvalue weighted by Gasteiger charge is -2.16. The maximum absolute atomic E-state index is 4.55. The molecule has 1 aromatic carbocycles. The molecule has 3 aromatic rings. The smallest absolute Gasteiger partial charge is 0.225 e. The van der Waals surface area contributed by atoms with Crippen molar-refractivity contribution in [2.24, 2.45) is 0 Å². The molecule has 0 aliphatic heterocycles. The third kappa shape index (κ3) is 3.13. The number of rotatable bonds is 5. The number of benzene rings is 1. The van der Waals surface area contributed by atoms with Gasteiger partial charge in [0.25, 0.3) is 0 Å². The van der Waals surface area contributed by atoms with Crippen LogP contribution in [-0.2, 0) is 6.42 Å². The number of aromatic nitrogens is 2. The fourth-order valence-corrected chi connectivity index (χ4v) is 3.09. The van der Waals surface area contributed by atoms with E-state index in [9.17, 15) is 0 Å². The average Bonchev–Trinajstić information content (AvgIpc) is 2.96. The molecule has 1 unspecified atom stereocenters. The van der Waals surface area contributed by atoms with E-state index < -0.39 is 0 Å². The standard InChI is InChI=1S/C16H18N4S/c1-11(10-12-6-4-3-5-7-12)18-14-13-8-9-21-15(13)20-16(17-2)19-14/h3-9,11H,10H2,1-2H3,(H2,17,18,19,20). The minimum Gasteiger partial charge on any atom is -0.367 e. The van der Waals surface area contributed by atoms with Gasteiger partial charge in [-0.2, -0.15) is 4.98 Å². The Morgan fingerprint density at radius 2 is 1.95 bits per heavy atom. The molecule has 5 heteroatoms. The van der Waals surface area contributed by atoms with Crippen LogP contribution in [0.1, 0.15) is 12.5 Å². The Morgan fingerprint density at radius 1 is 1.14 bits per heavy atom. The number of nitrogens with one attached hydrogen (secondary N) is 2. The topological polar surface area (TPSA) is 49.8 Å². The van der Waals surface area contributed by atoms with Crippen LogP contribution in [0.15, 0.2) is 41.8 Å². The van der Waals surface area contributed by atoms with Crippen molar-refractivity contribution in [2.45, 2.75) is 19.4 Å². The summed E-state index contributed by atoms with van der Waals surface area (Å²) in [5.74, 6) is 1.55. The molecule has 0 aliphatic carbocycles. The highest BCUT2D eigenvalue weighted by Gasteiger charge is 2.11. The predicted molar refractivity (Wildman–Crippen MR) is 90.2 cm³/mol. The van der Waals surface area contributed by atoms with Gasteiger partial charge >= 0.3 is 0 Å². The molecule has 108 valence electrons. The van der Waals surface area contributed by atoms with Crippen molar-refractivity contribution in [1.82, 2.24) is 9.97 Å². The second-order valence-corrected chi connectivity index (χ2v) is 5.91. The summed E-state index contributed by atoms with van der Waals surface area (Å²) in [7, 11) is 1.84. The van der Waals surface area contributed by atoms with E-state index in [1.165, 1.54) is 5.56 Å². The molecule has 2 aromatic heterocycles. The van der Waals surface area contributed by atoms with Crippen LogP contribution in [0.3, 0.4) is 0 Å². The van der Waals surface area contributed by atoms with Gasteiger partial charge in [0.1, 0.15) is 10.6 Å². The van der Waals surface area contributed by atoms with Gasteiger partial charge in [-0.25, -0.2) is 4.98 Å². The fourth-order valence-electron chi connectivity index (χ4n) is 2.33. The van der Waals surface area contributed by atoms with Gasteiger partial charge in [-0.1, -0.05) is 30.3 Å². The van der Waals surface area contributed by atoms with Gasteiger partial charge in [0.2, 0.25) is 5.95 Å². The van der Waals surface area contributed by atoms with E-state index >= 15 is 0 Å². The first-order chi connectivity index (χ1) is 10.3. The highest BCUT2D eigenvalue weighted by atomic mass is 32.1. The zero-order valence-corrected chi connectivity index (χ0v) is 12.9. The summed E-state index contributed by atoms with van der Waals surface area (Å²) in [5, 5.41) is 9.66. The molecule has 2 N–H and O–H groups in total. The van der Waals surface area contributed by atoms with Crippen molar-refractivity contribution in [2.75, 3.05) is 17.7 Å². The van der Waals surface area contributed by atoms with Gasteiger partial charge in [0.05, 0.1) is 5.39 Å². The van der Waals surface area contributed by atoms with Crippen LogP contribution < -0.4 is 10.6 Å². The molecule has 0 radical (unpaired) electrons. The molecule has 0 amide bonds. The summed E-state index contributed by atoms with van der Waals surface area (Å²) < 4.78 is 0. The third-order valence-electron chi connectivity index (χ3n) is 3.32. The predicted octanol–water partition coefficient (Wildman–Crippen LogP) is 3.78. The van der Waals surface area contributed by atoms with E-state index in [0.29, 0.717) is 12.0 Å². The van der Waals surface area contributed by atoms with Crippen LogP contribution >= 0.6 is 11.3 Å². The minimum absolute atomic E-state index is 0.301. The summed E-state index contributed by atoms with van der Waals surface area (Å²) in [6.45, 7) is 2.17. The molecule has 0 bridgehead atoms. The van der Waals surface area contributed by atoms with E-state index in [4.69, 9.17) is 0 Å². The summed E-state index contributed by atoms with van der Waals surface area (Å²) in [4.78, 5) is 10.0. The lowest BCUT2D eigenvalue weighted by atomic mass is 10.1. The number of nitrogens with zero attached hydrogens (tertiary/aromatic N) is 2. The number of fused-ring (bicyclic) bond motifs is 1. The van der Waals surface area contributed by atoms with Crippen LogP contribution in [0.25, 0.3) is 10.2 Å². The third-order valence-corrected chi connectivity index (χ3v) is 4.12. The average molecular weight is 298 g/mol. The molecule has 0 aliphatic rings. The van der Waals surface area contributed by atoms with Crippen molar-refractivity contribution in [3.05, 3.63) is 47.3 Å². The quantitative estimate of drug-likeness (QED) is 0.752. The first kappa shape index (κ1) is 13.8. The lowest BCUT2D eigenvalue weighted by Crippen LogP contribution is -2.19. The molecule has 3 rings (SSSR count). The molecule has 0 saturated carbocycles. The fraction of sp³-hybridized carbons (Fsp3) is 0.250. The van der Waals surface area contributed by atoms with E-state index in [2.05, 4.69) is 57.9 Å². The van der Waals surface area contributed by atoms with Gasteiger partial charge < -0.3 is 10.6 Å².